The van der Waals surface area contributed by atoms with Gasteiger partial charge < -0.3 is 10.1 Å². The molecule has 1 atom stereocenters. The third-order valence-electron chi connectivity index (χ3n) is 3.71. The van der Waals surface area contributed by atoms with Crippen molar-refractivity contribution in [3.05, 3.63) is 59.4 Å². The molecule has 0 bridgehead atoms. The van der Waals surface area contributed by atoms with Crippen molar-refractivity contribution >= 4 is 29.3 Å². The number of ether oxygens (including phenoxy) is 1. The van der Waals surface area contributed by atoms with Gasteiger partial charge in [0.15, 0.2) is 0 Å². The molecule has 1 N–H and O–H groups in total. The number of esters is 1. The van der Waals surface area contributed by atoms with Gasteiger partial charge in [0.05, 0.1) is 12.3 Å². The maximum atomic E-state index is 14.2. The van der Waals surface area contributed by atoms with E-state index in [4.69, 9.17) is 4.74 Å². The predicted octanol–water partition coefficient (Wildman–Crippen LogP) is 5.18. The standard InChI is InChI=1S/C20H20F3NO3S/c1-3-8-27-20(26)17(4-2)28-18-11-16(14(22)10-15(18)23)24-19(25)12-6-5-7-13(21)9-12/h5-7,9-11,17H,3-4,8H2,1-2H3,(H,24,25). The topological polar surface area (TPSA) is 55.4 Å². The Kier molecular flexibility index (Phi) is 7.92. The number of hydrogen-bond donors (Lipinski definition) is 1. The fourth-order valence-electron chi connectivity index (χ4n) is 2.29. The van der Waals surface area contributed by atoms with E-state index in [0.29, 0.717) is 18.9 Å². The summed E-state index contributed by atoms with van der Waals surface area (Å²) in [6.45, 7) is 3.87. The molecule has 0 radical (unpaired) electrons. The number of rotatable bonds is 8. The molecule has 0 aliphatic carbocycles. The summed E-state index contributed by atoms with van der Waals surface area (Å²) in [6, 6.07) is 6.64. The third kappa shape index (κ3) is 5.76. The van der Waals surface area contributed by atoms with Crippen LogP contribution >= 0.6 is 11.8 Å². The molecule has 2 rings (SSSR count). The summed E-state index contributed by atoms with van der Waals surface area (Å²) < 4.78 is 46.6. The number of hydrogen-bond acceptors (Lipinski definition) is 4. The number of nitrogens with one attached hydrogen (secondary N) is 1. The first kappa shape index (κ1) is 21.8. The number of carbonyl (C=O) groups is 2. The smallest absolute Gasteiger partial charge is 0.319 e. The lowest BCUT2D eigenvalue weighted by atomic mass is 10.2. The minimum Gasteiger partial charge on any atom is -0.465 e. The molecule has 1 unspecified atom stereocenters. The van der Waals surface area contributed by atoms with Crippen molar-refractivity contribution in [1.82, 2.24) is 0 Å². The Morgan fingerprint density at radius 2 is 1.86 bits per heavy atom. The van der Waals surface area contributed by atoms with Gasteiger partial charge in [0, 0.05) is 16.5 Å². The van der Waals surface area contributed by atoms with E-state index in [1.807, 2.05) is 6.92 Å². The largest absolute Gasteiger partial charge is 0.465 e. The summed E-state index contributed by atoms with van der Waals surface area (Å²) in [5.41, 5.74) is -0.276. The Morgan fingerprint density at radius 3 is 2.50 bits per heavy atom. The highest BCUT2D eigenvalue weighted by molar-refractivity contribution is 8.00. The van der Waals surface area contributed by atoms with Gasteiger partial charge in [-0.3, -0.25) is 9.59 Å². The molecule has 8 heteroatoms. The number of carbonyl (C=O) groups excluding carboxylic acids is 2. The summed E-state index contributed by atoms with van der Waals surface area (Å²) in [5.74, 6) is -3.67. The van der Waals surface area contributed by atoms with Crippen LogP contribution in [0, 0.1) is 17.5 Å². The molecule has 0 spiro atoms. The zero-order valence-corrected chi connectivity index (χ0v) is 16.2. The quantitative estimate of drug-likeness (QED) is 0.480. The molecule has 150 valence electrons. The molecular formula is C20H20F3NO3S. The second kappa shape index (κ2) is 10.2. The van der Waals surface area contributed by atoms with Gasteiger partial charge in [-0.25, -0.2) is 13.2 Å². The average Bonchev–Trinajstić information content (AvgIpc) is 2.67. The first-order valence-electron chi connectivity index (χ1n) is 8.75. The Hall–Kier alpha value is -2.48. The molecule has 0 aromatic heterocycles. The highest BCUT2D eigenvalue weighted by atomic mass is 32.2. The van der Waals surface area contributed by atoms with Crippen LogP contribution in [0.2, 0.25) is 0 Å². The van der Waals surface area contributed by atoms with Crippen LogP contribution in [-0.2, 0) is 9.53 Å². The number of benzene rings is 2. The van der Waals surface area contributed by atoms with Crippen LogP contribution in [0.4, 0.5) is 18.9 Å². The van der Waals surface area contributed by atoms with Crippen LogP contribution in [0.1, 0.15) is 37.0 Å². The maximum absolute atomic E-state index is 14.2. The van der Waals surface area contributed by atoms with Gasteiger partial charge in [0.2, 0.25) is 0 Å². The summed E-state index contributed by atoms with van der Waals surface area (Å²) in [6.07, 6.45) is 1.04. The van der Waals surface area contributed by atoms with Crippen molar-refractivity contribution in [1.29, 1.82) is 0 Å². The Labute approximate surface area is 165 Å². The maximum Gasteiger partial charge on any atom is 0.319 e. The zero-order chi connectivity index (χ0) is 20.7. The van der Waals surface area contributed by atoms with Crippen molar-refractivity contribution in [3.63, 3.8) is 0 Å². The van der Waals surface area contributed by atoms with Gasteiger partial charge >= 0.3 is 5.97 Å². The summed E-state index contributed by atoms with van der Waals surface area (Å²) in [4.78, 5) is 24.2. The Balaban J connectivity index is 2.21. The van der Waals surface area contributed by atoms with Gasteiger partial charge in [-0.2, -0.15) is 0 Å². The minimum atomic E-state index is -0.979. The fraction of sp³-hybridized carbons (Fsp3) is 0.300. The molecular weight excluding hydrogens is 391 g/mol. The van der Waals surface area contributed by atoms with E-state index in [0.717, 1.165) is 23.9 Å². The number of thioether (sulfide) groups is 1. The van der Waals surface area contributed by atoms with Crippen molar-refractivity contribution in [2.24, 2.45) is 0 Å². The molecule has 2 aromatic rings. The van der Waals surface area contributed by atoms with E-state index in [9.17, 15) is 22.8 Å². The zero-order valence-electron chi connectivity index (χ0n) is 15.4. The van der Waals surface area contributed by atoms with Gasteiger partial charge in [0.1, 0.15) is 22.7 Å². The van der Waals surface area contributed by atoms with E-state index in [1.165, 1.54) is 18.2 Å². The first-order chi connectivity index (χ1) is 13.3. The van der Waals surface area contributed by atoms with E-state index >= 15 is 0 Å². The van der Waals surface area contributed by atoms with Crippen LogP contribution in [0.25, 0.3) is 0 Å². The lowest BCUT2D eigenvalue weighted by Crippen LogP contribution is -2.20. The summed E-state index contributed by atoms with van der Waals surface area (Å²) in [7, 11) is 0. The monoisotopic (exact) mass is 411 g/mol. The van der Waals surface area contributed by atoms with E-state index in [1.54, 1.807) is 6.92 Å². The molecule has 0 heterocycles. The second-order valence-electron chi connectivity index (χ2n) is 5.91. The van der Waals surface area contributed by atoms with Crippen molar-refractivity contribution in [2.45, 2.75) is 36.8 Å². The highest BCUT2D eigenvalue weighted by Crippen LogP contribution is 2.32. The number of anilines is 1. The molecule has 0 saturated heterocycles. The van der Waals surface area contributed by atoms with Crippen LogP contribution < -0.4 is 5.32 Å². The lowest BCUT2D eigenvalue weighted by Gasteiger charge is -2.15. The molecule has 2 aromatic carbocycles. The lowest BCUT2D eigenvalue weighted by molar-refractivity contribution is -0.143. The molecule has 0 fully saturated rings. The van der Waals surface area contributed by atoms with Gasteiger partial charge in [0.25, 0.3) is 5.91 Å². The van der Waals surface area contributed by atoms with Crippen LogP contribution in [0.3, 0.4) is 0 Å². The van der Waals surface area contributed by atoms with Crippen molar-refractivity contribution in [2.75, 3.05) is 11.9 Å². The van der Waals surface area contributed by atoms with Crippen molar-refractivity contribution < 1.29 is 27.5 Å². The molecule has 0 saturated carbocycles. The highest BCUT2D eigenvalue weighted by Gasteiger charge is 2.22. The van der Waals surface area contributed by atoms with Crippen molar-refractivity contribution in [3.8, 4) is 0 Å². The molecule has 28 heavy (non-hydrogen) atoms. The van der Waals surface area contributed by atoms with Crippen LogP contribution in [0.15, 0.2) is 41.3 Å². The first-order valence-corrected chi connectivity index (χ1v) is 9.62. The molecule has 4 nitrogen and oxygen atoms in total. The summed E-state index contributed by atoms with van der Waals surface area (Å²) >= 11 is 0.895. The Morgan fingerprint density at radius 1 is 1.11 bits per heavy atom. The third-order valence-corrected chi connectivity index (χ3v) is 5.09. The van der Waals surface area contributed by atoms with Crippen LogP contribution in [0.5, 0.6) is 0 Å². The van der Waals surface area contributed by atoms with Gasteiger partial charge in [-0.1, -0.05) is 19.9 Å². The predicted molar refractivity (Wildman–Crippen MR) is 102 cm³/mol. The fourth-order valence-corrected chi connectivity index (χ4v) is 3.28. The molecule has 1 amide bonds. The average molecular weight is 411 g/mol. The SMILES string of the molecule is CCCOC(=O)C(CC)Sc1cc(NC(=O)c2cccc(F)c2)c(F)cc1F. The van der Waals surface area contributed by atoms with Gasteiger partial charge in [-0.05, 0) is 37.1 Å². The minimum absolute atomic E-state index is 0.00348. The number of amides is 1. The van der Waals surface area contributed by atoms with Crippen LogP contribution in [-0.4, -0.2) is 23.7 Å². The normalized spacial score (nSPS) is 11.8. The second-order valence-corrected chi connectivity index (χ2v) is 7.15. The number of halogens is 3. The van der Waals surface area contributed by atoms with E-state index < -0.39 is 34.6 Å². The molecule has 0 aliphatic rings. The molecule has 0 aliphatic heterocycles. The van der Waals surface area contributed by atoms with Gasteiger partial charge in [-0.15, -0.1) is 11.8 Å². The van der Waals surface area contributed by atoms with E-state index in [2.05, 4.69) is 5.32 Å². The Bertz CT molecular complexity index is 861. The van der Waals surface area contributed by atoms with E-state index in [-0.39, 0.29) is 22.8 Å². The summed E-state index contributed by atoms with van der Waals surface area (Å²) in [5, 5.41) is 1.63.